The number of piperidine rings is 1. The Labute approximate surface area is 152 Å². The number of likely N-dealkylation sites (tertiary alicyclic amines) is 1. The third-order valence-electron chi connectivity index (χ3n) is 4.62. The standard InChI is InChI=1S/C17H24FN3O4S/c18-13-3-1-5-16(9-13)26(23,24)20-14-4-2-7-21(11-14)17(22)10-15-12-25-8-6-19-15/h1,3,5,9,14-15,19-20H,2,4,6-8,10-12H2. The van der Waals surface area contributed by atoms with E-state index in [1.165, 1.54) is 18.2 Å². The largest absolute Gasteiger partial charge is 0.378 e. The molecule has 1 amide bonds. The van der Waals surface area contributed by atoms with E-state index in [2.05, 4.69) is 10.0 Å². The maximum atomic E-state index is 13.3. The quantitative estimate of drug-likeness (QED) is 0.770. The lowest BCUT2D eigenvalue weighted by molar-refractivity contribution is -0.133. The number of ether oxygens (including phenoxy) is 1. The number of morpholine rings is 1. The summed E-state index contributed by atoms with van der Waals surface area (Å²) >= 11 is 0. The molecule has 2 atom stereocenters. The summed E-state index contributed by atoms with van der Waals surface area (Å²) in [6, 6.07) is 4.52. The van der Waals surface area contributed by atoms with E-state index in [-0.39, 0.29) is 22.9 Å². The van der Waals surface area contributed by atoms with E-state index in [9.17, 15) is 17.6 Å². The van der Waals surface area contributed by atoms with Gasteiger partial charge in [-0.15, -0.1) is 0 Å². The highest BCUT2D eigenvalue weighted by atomic mass is 32.2. The van der Waals surface area contributed by atoms with Gasteiger partial charge in [0.1, 0.15) is 5.82 Å². The van der Waals surface area contributed by atoms with E-state index in [4.69, 9.17) is 4.74 Å². The minimum absolute atomic E-state index is 0.000567. The van der Waals surface area contributed by atoms with E-state index in [0.29, 0.717) is 39.1 Å². The van der Waals surface area contributed by atoms with Crippen molar-refractivity contribution in [1.82, 2.24) is 14.9 Å². The maximum Gasteiger partial charge on any atom is 0.240 e. The molecule has 2 N–H and O–H groups in total. The zero-order valence-electron chi connectivity index (χ0n) is 14.5. The molecule has 0 bridgehead atoms. The van der Waals surface area contributed by atoms with Crippen molar-refractivity contribution in [2.45, 2.75) is 36.2 Å². The van der Waals surface area contributed by atoms with Crippen LogP contribution in [-0.2, 0) is 19.6 Å². The molecule has 26 heavy (non-hydrogen) atoms. The van der Waals surface area contributed by atoms with Crippen molar-refractivity contribution >= 4 is 15.9 Å². The number of carbonyl (C=O) groups excluding carboxylic acids is 1. The lowest BCUT2D eigenvalue weighted by Gasteiger charge is -2.34. The van der Waals surface area contributed by atoms with Crippen LogP contribution in [0.1, 0.15) is 19.3 Å². The van der Waals surface area contributed by atoms with Crippen LogP contribution in [0.5, 0.6) is 0 Å². The average molecular weight is 385 g/mol. The van der Waals surface area contributed by atoms with Gasteiger partial charge >= 0.3 is 0 Å². The number of carbonyl (C=O) groups is 1. The molecule has 1 aromatic carbocycles. The average Bonchev–Trinajstić information content (AvgIpc) is 2.62. The third-order valence-corrected chi connectivity index (χ3v) is 6.14. The summed E-state index contributed by atoms with van der Waals surface area (Å²) in [6.45, 7) is 2.83. The zero-order chi connectivity index (χ0) is 18.6. The lowest BCUT2D eigenvalue weighted by atomic mass is 10.1. The summed E-state index contributed by atoms with van der Waals surface area (Å²) in [5.41, 5.74) is 0. The molecule has 2 unspecified atom stereocenters. The smallest absolute Gasteiger partial charge is 0.240 e. The Balaban J connectivity index is 1.58. The second kappa shape index (κ2) is 8.43. The normalized spacial score (nSPS) is 24.4. The number of nitrogens with one attached hydrogen (secondary N) is 2. The molecule has 2 saturated heterocycles. The van der Waals surface area contributed by atoms with Crippen LogP contribution < -0.4 is 10.0 Å². The van der Waals surface area contributed by atoms with Crippen LogP contribution >= 0.6 is 0 Å². The molecule has 2 heterocycles. The highest BCUT2D eigenvalue weighted by molar-refractivity contribution is 7.89. The molecule has 0 saturated carbocycles. The van der Waals surface area contributed by atoms with Gasteiger partial charge in [0.15, 0.2) is 0 Å². The van der Waals surface area contributed by atoms with Gasteiger partial charge in [-0.3, -0.25) is 4.79 Å². The number of nitrogens with zero attached hydrogens (tertiary/aromatic N) is 1. The van der Waals surface area contributed by atoms with Crippen LogP contribution in [0.2, 0.25) is 0 Å². The molecule has 3 rings (SSSR count). The van der Waals surface area contributed by atoms with Crippen molar-refractivity contribution in [3.05, 3.63) is 30.1 Å². The first kappa shape index (κ1) is 19.2. The molecule has 9 heteroatoms. The summed E-state index contributed by atoms with van der Waals surface area (Å²) in [6.07, 6.45) is 1.70. The molecule has 2 aliphatic rings. The van der Waals surface area contributed by atoms with Crippen molar-refractivity contribution in [3.8, 4) is 0 Å². The van der Waals surface area contributed by atoms with Gasteiger partial charge in [-0.05, 0) is 31.0 Å². The van der Waals surface area contributed by atoms with Crippen molar-refractivity contribution < 1.29 is 22.3 Å². The molecule has 1 aromatic rings. The number of hydrogen-bond acceptors (Lipinski definition) is 5. The molecular formula is C17H24FN3O4S. The summed E-state index contributed by atoms with van der Waals surface area (Å²) in [5, 5.41) is 3.25. The Morgan fingerprint density at radius 2 is 2.27 bits per heavy atom. The number of hydrogen-bond donors (Lipinski definition) is 2. The number of benzene rings is 1. The topological polar surface area (TPSA) is 87.7 Å². The highest BCUT2D eigenvalue weighted by Crippen LogP contribution is 2.16. The van der Waals surface area contributed by atoms with Crippen LogP contribution in [0.25, 0.3) is 0 Å². The van der Waals surface area contributed by atoms with Gasteiger partial charge in [-0.1, -0.05) is 6.07 Å². The van der Waals surface area contributed by atoms with Crippen LogP contribution in [-0.4, -0.2) is 64.2 Å². The first-order valence-electron chi connectivity index (χ1n) is 8.81. The number of amides is 1. The predicted octanol–water partition coefficient (Wildman–Crippen LogP) is 0.474. The summed E-state index contributed by atoms with van der Waals surface area (Å²) < 4.78 is 46.1. The summed E-state index contributed by atoms with van der Waals surface area (Å²) in [4.78, 5) is 14.1. The third kappa shape index (κ3) is 5.00. The fourth-order valence-electron chi connectivity index (χ4n) is 3.31. The van der Waals surface area contributed by atoms with E-state index in [0.717, 1.165) is 19.0 Å². The van der Waals surface area contributed by atoms with Gasteiger partial charge in [0.2, 0.25) is 15.9 Å². The first-order valence-corrected chi connectivity index (χ1v) is 10.3. The van der Waals surface area contributed by atoms with Crippen molar-refractivity contribution in [2.24, 2.45) is 0 Å². The van der Waals surface area contributed by atoms with Crippen molar-refractivity contribution in [2.75, 3.05) is 32.8 Å². The first-order chi connectivity index (χ1) is 12.4. The summed E-state index contributed by atoms with van der Waals surface area (Å²) in [5.74, 6) is -0.613. The SMILES string of the molecule is O=C(CC1COCCN1)N1CCCC(NS(=O)(=O)c2cccc(F)c2)C1. The van der Waals surface area contributed by atoms with E-state index >= 15 is 0 Å². The van der Waals surface area contributed by atoms with E-state index in [1.807, 2.05) is 0 Å². The van der Waals surface area contributed by atoms with Gasteiger partial charge in [0, 0.05) is 38.1 Å². The van der Waals surface area contributed by atoms with Crippen LogP contribution in [0, 0.1) is 5.82 Å². The molecule has 0 aliphatic carbocycles. The fraction of sp³-hybridized carbons (Fsp3) is 0.588. The van der Waals surface area contributed by atoms with Gasteiger partial charge < -0.3 is 15.0 Å². The summed E-state index contributed by atoms with van der Waals surface area (Å²) in [7, 11) is -3.82. The lowest BCUT2D eigenvalue weighted by Crippen LogP contribution is -2.51. The Morgan fingerprint density at radius 3 is 3.00 bits per heavy atom. The fourth-order valence-corrected chi connectivity index (χ4v) is 4.60. The van der Waals surface area contributed by atoms with E-state index < -0.39 is 15.8 Å². The van der Waals surface area contributed by atoms with Gasteiger partial charge in [-0.2, -0.15) is 0 Å². The van der Waals surface area contributed by atoms with Gasteiger partial charge in [-0.25, -0.2) is 17.5 Å². The Bertz CT molecular complexity index is 737. The van der Waals surface area contributed by atoms with Gasteiger partial charge in [0.25, 0.3) is 0 Å². The van der Waals surface area contributed by atoms with Crippen molar-refractivity contribution in [3.63, 3.8) is 0 Å². The number of rotatable bonds is 5. The molecular weight excluding hydrogens is 361 g/mol. The van der Waals surface area contributed by atoms with Gasteiger partial charge in [0.05, 0.1) is 18.1 Å². The molecule has 0 aromatic heterocycles. The Morgan fingerprint density at radius 1 is 1.42 bits per heavy atom. The maximum absolute atomic E-state index is 13.3. The van der Waals surface area contributed by atoms with Crippen LogP contribution in [0.4, 0.5) is 4.39 Å². The monoisotopic (exact) mass is 385 g/mol. The van der Waals surface area contributed by atoms with Crippen molar-refractivity contribution in [1.29, 1.82) is 0 Å². The molecule has 0 spiro atoms. The number of sulfonamides is 1. The second-order valence-electron chi connectivity index (χ2n) is 6.69. The molecule has 2 aliphatic heterocycles. The molecule has 7 nitrogen and oxygen atoms in total. The molecule has 2 fully saturated rings. The molecule has 144 valence electrons. The predicted molar refractivity (Wildman–Crippen MR) is 93.6 cm³/mol. The second-order valence-corrected chi connectivity index (χ2v) is 8.40. The minimum Gasteiger partial charge on any atom is -0.378 e. The minimum atomic E-state index is -3.82. The Hall–Kier alpha value is -1.55. The highest BCUT2D eigenvalue weighted by Gasteiger charge is 2.29. The van der Waals surface area contributed by atoms with E-state index in [1.54, 1.807) is 4.90 Å². The van der Waals surface area contributed by atoms with Crippen LogP contribution in [0.15, 0.2) is 29.2 Å². The van der Waals surface area contributed by atoms with Crippen LogP contribution in [0.3, 0.4) is 0 Å². The molecule has 0 radical (unpaired) electrons. The Kier molecular flexibility index (Phi) is 6.23. The number of halogens is 1. The zero-order valence-corrected chi connectivity index (χ0v) is 15.3.